The highest BCUT2D eigenvalue weighted by atomic mass is 16.4. The van der Waals surface area contributed by atoms with Gasteiger partial charge >= 0.3 is 5.97 Å². The lowest BCUT2D eigenvalue weighted by Gasteiger charge is -2.35. The lowest BCUT2D eigenvalue weighted by molar-refractivity contribution is -0.137. The summed E-state index contributed by atoms with van der Waals surface area (Å²) < 4.78 is 0. The SMILES string of the molecule is CC1CC(NC(=O)CCCCC(=O)O)CCN1C. The molecule has 0 radical (unpaired) electrons. The zero-order chi connectivity index (χ0) is 13.5. The summed E-state index contributed by atoms with van der Waals surface area (Å²) in [7, 11) is 2.11. The summed E-state index contributed by atoms with van der Waals surface area (Å²) in [6.45, 7) is 3.19. The Bertz CT molecular complexity index is 294. The summed E-state index contributed by atoms with van der Waals surface area (Å²) >= 11 is 0. The average molecular weight is 256 g/mol. The molecule has 1 heterocycles. The predicted molar refractivity (Wildman–Crippen MR) is 69.4 cm³/mol. The number of carbonyl (C=O) groups is 2. The number of piperidine rings is 1. The zero-order valence-corrected chi connectivity index (χ0v) is 11.3. The number of amides is 1. The van der Waals surface area contributed by atoms with E-state index in [9.17, 15) is 9.59 Å². The van der Waals surface area contributed by atoms with Crippen LogP contribution in [-0.2, 0) is 9.59 Å². The molecule has 0 aliphatic carbocycles. The van der Waals surface area contributed by atoms with Crippen molar-refractivity contribution in [2.45, 2.75) is 57.5 Å². The third kappa shape index (κ3) is 5.49. The van der Waals surface area contributed by atoms with Crippen molar-refractivity contribution in [3.63, 3.8) is 0 Å². The molecule has 2 unspecified atom stereocenters. The number of hydrogen-bond donors (Lipinski definition) is 2. The van der Waals surface area contributed by atoms with Crippen LogP contribution in [0.4, 0.5) is 0 Å². The van der Waals surface area contributed by atoms with Crippen LogP contribution in [-0.4, -0.2) is 47.6 Å². The van der Waals surface area contributed by atoms with E-state index in [-0.39, 0.29) is 18.4 Å². The first kappa shape index (κ1) is 15.0. The van der Waals surface area contributed by atoms with E-state index in [1.54, 1.807) is 0 Å². The van der Waals surface area contributed by atoms with Gasteiger partial charge in [-0.25, -0.2) is 0 Å². The molecular formula is C13H24N2O3. The van der Waals surface area contributed by atoms with Gasteiger partial charge in [-0.2, -0.15) is 0 Å². The number of carboxylic acids is 1. The molecule has 5 nitrogen and oxygen atoms in total. The lowest BCUT2D eigenvalue weighted by atomic mass is 9.99. The molecule has 1 amide bonds. The molecule has 1 saturated heterocycles. The molecule has 1 aliphatic heterocycles. The molecule has 2 atom stereocenters. The summed E-state index contributed by atoms with van der Waals surface area (Å²) in [5.41, 5.74) is 0. The van der Waals surface area contributed by atoms with Crippen molar-refractivity contribution >= 4 is 11.9 Å². The Kier molecular flexibility index (Phi) is 6.12. The number of nitrogens with zero attached hydrogens (tertiary/aromatic N) is 1. The minimum atomic E-state index is -0.792. The first-order valence-electron chi connectivity index (χ1n) is 6.70. The fourth-order valence-electron chi connectivity index (χ4n) is 2.28. The molecule has 0 saturated carbocycles. The van der Waals surface area contributed by atoms with Crippen molar-refractivity contribution in [3.05, 3.63) is 0 Å². The summed E-state index contributed by atoms with van der Waals surface area (Å²) in [6, 6.07) is 0.791. The average Bonchev–Trinajstić information content (AvgIpc) is 2.29. The van der Waals surface area contributed by atoms with Crippen molar-refractivity contribution in [2.24, 2.45) is 0 Å². The van der Waals surface area contributed by atoms with Crippen molar-refractivity contribution in [1.82, 2.24) is 10.2 Å². The van der Waals surface area contributed by atoms with E-state index in [1.807, 2.05) is 0 Å². The standard InChI is InChI=1S/C13H24N2O3/c1-10-9-11(7-8-15(10)2)14-12(16)5-3-4-6-13(17)18/h10-11H,3-9H2,1-2H3,(H,14,16)(H,17,18). The van der Waals surface area contributed by atoms with Gasteiger partial charge in [0.1, 0.15) is 0 Å². The molecule has 2 N–H and O–H groups in total. The number of unbranched alkanes of at least 4 members (excludes halogenated alkanes) is 1. The van der Waals surface area contributed by atoms with Crippen molar-refractivity contribution in [2.75, 3.05) is 13.6 Å². The van der Waals surface area contributed by atoms with Crippen LogP contribution in [0.15, 0.2) is 0 Å². The molecule has 1 fully saturated rings. The van der Waals surface area contributed by atoms with Gasteiger partial charge in [0.25, 0.3) is 0 Å². The Balaban J connectivity index is 2.14. The highest BCUT2D eigenvalue weighted by Crippen LogP contribution is 2.15. The molecule has 0 spiro atoms. The Hall–Kier alpha value is -1.10. The molecule has 5 heteroatoms. The summed E-state index contributed by atoms with van der Waals surface area (Å²) in [6.07, 6.45) is 3.82. The van der Waals surface area contributed by atoms with Gasteiger partial charge in [0.2, 0.25) is 5.91 Å². The smallest absolute Gasteiger partial charge is 0.303 e. The lowest BCUT2D eigenvalue weighted by Crippen LogP contribution is -2.47. The maximum absolute atomic E-state index is 11.7. The number of aliphatic carboxylic acids is 1. The number of rotatable bonds is 6. The van der Waals surface area contributed by atoms with Gasteiger partial charge in [-0.15, -0.1) is 0 Å². The summed E-state index contributed by atoms with van der Waals surface area (Å²) in [5.74, 6) is -0.735. The van der Waals surface area contributed by atoms with Gasteiger partial charge in [-0.3, -0.25) is 9.59 Å². The van der Waals surface area contributed by atoms with Gasteiger partial charge in [-0.05, 0) is 39.7 Å². The van der Waals surface area contributed by atoms with Gasteiger partial charge in [0.05, 0.1) is 0 Å². The molecule has 0 aromatic heterocycles. The number of hydrogen-bond acceptors (Lipinski definition) is 3. The number of carboxylic acid groups (broad SMARTS) is 1. The quantitative estimate of drug-likeness (QED) is 0.701. The molecule has 0 bridgehead atoms. The third-order valence-corrected chi connectivity index (χ3v) is 3.62. The number of nitrogens with one attached hydrogen (secondary N) is 1. The van der Waals surface area contributed by atoms with E-state index in [2.05, 4.69) is 24.2 Å². The van der Waals surface area contributed by atoms with Crippen LogP contribution in [0.3, 0.4) is 0 Å². The second kappa shape index (κ2) is 7.36. The minimum absolute atomic E-state index is 0.0575. The predicted octanol–water partition coefficient (Wildman–Crippen LogP) is 1.23. The zero-order valence-electron chi connectivity index (χ0n) is 11.3. The van der Waals surface area contributed by atoms with Crippen LogP contribution in [0.5, 0.6) is 0 Å². The topological polar surface area (TPSA) is 69.6 Å². The van der Waals surface area contributed by atoms with Crippen LogP contribution in [0.25, 0.3) is 0 Å². The molecule has 1 rings (SSSR count). The molecule has 18 heavy (non-hydrogen) atoms. The number of carbonyl (C=O) groups excluding carboxylic acids is 1. The Morgan fingerprint density at radius 2 is 2.00 bits per heavy atom. The van der Waals surface area contributed by atoms with E-state index in [4.69, 9.17) is 5.11 Å². The maximum Gasteiger partial charge on any atom is 0.303 e. The second-order valence-electron chi connectivity index (χ2n) is 5.22. The Labute approximate surface area is 109 Å². The molecule has 104 valence electrons. The van der Waals surface area contributed by atoms with Crippen molar-refractivity contribution in [1.29, 1.82) is 0 Å². The van der Waals surface area contributed by atoms with Crippen LogP contribution >= 0.6 is 0 Å². The maximum atomic E-state index is 11.7. The minimum Gasteiger partial charge on any atom is -0.481 e. The van der Waals surface area contributed by atoms with E-state index in [0.29, 0.717) is 25.3 Å². The molecule has 1 aliphatic rings. The van der Waals surface area contributed by atoms with Crippen LogP contribution in [0, 0.1) is 0 Å². The molecule has 0 aromatic carbocycles. The van der Waals surface area contributed by atoms with Gasteiger partial charge in [0, 0.05) is 31.5 Å². The van der Waals surface area contributed by atoms with Crippen LogP contribution < -0.4 is 5.32 Å². The Morgan fingerprint density at radius 3 is 2.61 bits per heavy atom. The second-order valence-corrected chi connectivity index (χ2v) is 5.22. The van der Waals surface area contributed by atoms with Crippen LogP contribution in [0.2, 0.25) is 0 Å². The molecule has 0 aromatic rings. The number of likely N-dealkylation sites (tertiary alicyclic amines) is 1. The Morgan fingerprint density at radius 1 is 1.33 bits per heavy atom. The highest BCUT2D eigenvalue weighted by molar-refractivity contribution is 5.76. The van der Waals surface area contributed by atoms with Gasteiger partial charge < -0.3 is 15.3 Å². The van der Waals surface area contributed by atoms with Gasteiger partial charge in [0.15, 0.2) is 0 Å². The fraction of sp³-hybridized carbons (Fsp3) is 0.846. The highest BCUT2D eigenvalue weighted by Gasteiger charge is 2.23. The van der Waals surface area contributed by atoms with E-state index >= 15 is 0 Å². The normalized spacial score (nSPS) is 24.8. The van der Waals surface area contributed by atoms with E-state index in [1.165, 1.54) is 0 Å². The largest absolute Gasteiger partial charge is 0.481 e. The summed E-state index contributed by atoms with van der Waals surface area (Å²) in [5, 5.41) is 11.5. The van der Waals surface area contributed by atoms with E-state index in [0.717, 1.165) is 19.4 Å². The molecular weight excluding hydrogens is 232 g/mol. The first-order valence-corrected chi connectivity index (χ1v) is 6.70. The first-order chi connectivity index (χ1) is 8.49. The summed E-state index contributed by atoms with van der Waals surface area (Å²) in [4.78, 5) is 24.3. The third-order valence-electron chi connectivity index (χ3n) is 3.62. The fourth-order valence-corrected chi connectivity index (χ4v) is 2.28. The van der Waals surface area contributed by atoms with E-state index < -0.39 is 5.97 Å². The van der Waals surface area contributed by atoms with Crippen LogP contribution in [0.1, 0.15) is 45.4 Å². The van der Waals surface area contributed by atoms with Crippen molar-refractivity contribution in [3.8, 4) is 0 Å². The monoisotopic (exact) mass is 256 g/mol. The van der Waals surface area contributed by atoms with Gasteiger partial charge in [-0.1, -0.05) is 0 Å². The van der Waals surface area contributed by atoms with Crippen molar-refractivity contribution < 1.29 is 14.7 Å².